The first-order valence-electron chi connectivity index (χ1n) is 15.9. The highest BCUT2D eigenvalue weighted by Gasteiger charge is 2.40. The number of benzene rings is 2. The highest BCUT2D eigenvalue weighted by Crippen LogP contribution is 2.38. The van der Waals surface area contributed by atoms with Gasteiger partial charge in [-0.15, -0.1) is 0 Å². The number of ether oxygens (including phenoxy) is 2. The lowest BCUT2D eigenvalue weighted by molar-refractivity contribution is -0.138. The fraction of sp³-hybridized carbons (Fsp3) is 0.486. The molecule has 3 atom stereocenters. The summed E-state index contributed by atoms with van der Waals surface area (Å²) in [6.07, 6.45) is 6.57. The largest absolute Gasteiger partial charge is 0.485 e. The standard InChI is InChI=1S/C35H41Cl3N4O3/c1-22-15-31(37)34(32(38)16-22)45-27-10-13-41(21-27)33-8-4-24(18-40-33)28-9-12-39-19-29(28)35(43)42(26-5-6-26)20-25-17-23(11-14-44-2)3-7-30(25)36/h3-4,7-8,15-18,26-29,39H,5-6,9-14,19-21H2,1-2H3/t27-,28-,29+/m1/s1. The highest BCUT2D eigenvalue weighted by atomic mass is 35.5. The Morgan fingerprint density at radius 3 is 2.56 bits per heavy atom. The summed E-state index contributed by atoms with van der Waals surface area (Å²) in [5.41, 5.74) is 4.28. The van der Waals surface area contributed by atoms with Crippen molar-refractivity contribution in [1.29, 1.82) is 0 Å². The fourth-order valence-electron chi connectivity index (χ4n) is 6.61. The van der Waals surface area contributed by atoms with E-state index in [1.807, 2.05) is 37.4 Å². The quantitative estimate of drug-likeness (QED) is 0.235. The number of amides is 1. The van der Waals surface area contributed by atoms with Crippen molar-refractivity contribution in [2.75, 3.05) is 44.8 Å². The highest BCUT2D eigenvalue weighted by molar-refractivity contribution is 6.37. The molecule has 0 radical (unpaired) electrons. The van der Waals surface area contributed by atoms with E-state index in [0.29, 0.717) is 47.1 Å². The van der Waals surface area contributed by atoms with Crippen molar-refractivity contribution in [3.63, 3.8) is 0 Å². The monoisotopic (exact) mass is 670 g/mol. The van der Waals surface area contributed by atoms with Gasteiger partial charge < -0.3 is 24.6 Å². The maximum Gasteiger partial charge on any atom is 0.228 e. The zero-order valence-electron chi connectivity index (χ0n) is 25.9. The Morgan fingerprint density at radius 1 is 1.04 bits per heavy atom. The summed E-state index contributed by atoms with van der Waals surface area (Å²) in [6.45, 7) is 6.21. The predicted octanol–water partition coefficient (Wildman–Crippen LogP) is 7.08. The third kappa shape index (κ3) is 7.71. The number of nitrogens with zero attached hydrogens (tertiary/aromatic N) is 3. The molecule has 2 aliphatic heterocycles. The van der Waals surface area contributed by atoms with Gasteiger partial charge in [0.25, 0.3) is 0 Å². The van der Waals surface area contributed by atoms with Crippen LogP contribution in [0.1, 0.15) is 53.9 Å². The van der Waals surface area contributed by atoms with E-state index in [1.165, 1.54) is 5.56 Å². The van der Waals surface area contributed by atoms with Crippen molar-refractivity contribution in [3.8, 4) is 5.75 Å². The summed E-state index contributed by atoms with van der Waals surface area (Å²) >= 11 is 19.5. The number of aryl methyl sites for hydroxylation is 1. The number of nitrogens with one attached hydrogen (secondary N) is 1. The van der Waals surface area contributed by atoms with Gasteiger partial charge in [-0.05, 0) is 91.6 Å². The number of methoxy groups -OCH3 is 1. The molecule has 0 bridgehead atoms. The molecule has 3 fully saturated rings. The Morgan fingerprint density at radius 2 is 1.84 bits per heavy atom. The van der Waals surface area contributed by atoms with Crippen LogP contribution in [0.2, 0.25) is 15.1 Å². The molecule has 0 unspecified atom stereocenters. The van der Waals surface area contributed by atoms with Crippen LogP contribution in [0.15, 0.2) is 48.7 Å². The first-order chi connectivity index (χ1) is 21.8. The van der Waals surface area contributed by atoms with Gasteiger partial charge in [0.1, 0.15) is 11.9 Å². The van der Waals surface area contributed by atoms with Crippen molar-refractivity contribution in [2.24, 2.45) is 5.92 Å². The summed E-state index contributed by atoms with van der Waals surface area (Å²) in [5, 5.41) is 5.25. The first kappa shape index (κ1) is 32.4. The Balaban J connectivity index is 1.13. The molecule has 6 rings (SSSR count). The van der Waals surface area contributed by atoms with Crippen molar-refractivity contribution in [3.05, 3.63) is 86.0 Å². The lowest BCUT2D eigenvalue weighted by Gasteiger charge is -2.36. The van der Waals surface area contributed by atoms with E-state index < -0.39 is 0 Å². The van der Waals surface area contributed by atoms with Gasteiger partial charge >= 0.3 is 0 Å². The molecule has 0 spiro atoms. The van der Waals surface area contributed by atoms with Gasteiger partial charge in [0.15, 0.2) is 5.75 Å². The summed E-state index contributed by atoms with van der Waals surface area (Å²) in [7, 11) is 1.71. The molecule has 3 heterocycles. The number of aromatic nitrogens is 1. The number of halogens is 3. The third-order valence-corrected chi connectivity index (χ3v) is 10.1. The van der Waals surface area contributed by atoms with Crippen LogP contribution in [-0.4, -0.2) is 67.8 Å². The molecule has 240 valence electrons. The SMILES string of the molecule is COCCc1ccc(Cl)c(CN(C(=O)[C@H]2CNCC[C@@H]2c2ccc(N3CC[C@@H](Oc4c(Cl)cc(C)cc4Cl)C3)nc2)C2CC2)c1. The van der Waals surface area contributed by atoms with Crippen LogP contribution in [0.4, 0.5) is 5.82 Å². The number of pyridine rings is 1. The van der Waals surface area contributed by atoms with Crippen molar-refractivity contribution >= 4 is 46.5 Å². The molecule has 1 aliphatic carbocycles. The topological polar surface area (TPSA) is 66.9 Å². The molecule has 2 aromatic carbocycles. The van der Waals surface area contributed by atoms with Crippen molar-refractivity contribution in [1.82, 2.24) is 15.2 Å². The summed E-state index contributed by atoms with van der Waals surface area (Å²) in [5.74, 6) is 1.60. The second kappa shape index (κ2) is 14.5. The van der Waals surface area contributed by atoms with Crippen LogP contribution in [0.3, 0.4) is 0 Å². The van der Waals surface area contributed by atoms with E-state index in [2.05, 4.69) is 33.3 Å². The molecule has 1 aromatic heterocycles. The number of carbonyl (C=O) groups is 1. The molecule has 10 heteroatoms. The Bertz CT molecular complexity index is 1480. The minimum absolute atomic E-state index is 0.0295. The Labute approximate surface area is 281 Å². The maximum atomic E-state index is 14.2. The minimum Gasteiger partial charge on any atom is -0.485 e. The number of anilines is 1. The summed E-state index contributed by atoms with van der Waals surface area (Å²) in [6, 6.07) is 14.4. The van der Waals surface area contributed by atoms with Gasteiger partial charge in [-0.3, -0.25) is 4.79 Å². The van der Waals surface area contributed by atoms with E-state index in [4.69, 9.17) is 49.3 Å². The van der Waals surface area contributed by atoms with Crippen LogP contribution >= 0.6 is 34.8 Å². The molecule has 3 aromatic rings. The first-order valence-corrected chi connectivity index (χ1v) is 17.0. The van der Waals surface area contributed by atoms with Crippen LogP contribution in [-0.2, 0) is 22.5 Å². The van der Waals surface area contributed by atoms with Crippen LogP contribution in [0.5, 0.6) is 5.75 Å². The number of piperidine rings is 1. The number of rotatable bonds is 11. The van der Waals surface area contributed by atoms with Gasteiger partial charge in [0.05, 0.1) is 29.1 Å². The zero-order valence-corrected chi connectivity index (χ0v) is 28.2. The molecule has 45 heavy (non-hydrogen) atoms. The van der Waals surface area contributed by atoms with E-state index in [1.54, 1.807) is 7.11 Å². The average molecular weight is 672 g/mol. The second-order valence-electron chi connectivity index (χ2n) is 12.6. The molecule has 1 N–H and O–H groups in total. The van der Waals surface area contributed by atoms with E-state index in [0.717, 1.165) is 67.7 Å². The molecular formula is C35H41Cl3N4O3. The van der Waals surface area contributed by atoms with E-state index in [-0.39, 0.29) is 29.9 Å². The van der Waals surface area contributed by atoms with Gasteiger partial charge in [-0.1, -0.05) is 53.0 Å². The summed E-state index contributed by atoms with van der Waals surface area (Å²) < 4.78 is 11.5. The molecule has 7 nitrogen and oxygen atoms in total. The maximum absolute atomic E-state index is 14.2. The van der Waals surface area contributed by atoms with E-state index in [9.17, 15) is 4.79 Å². The van der Waals surface area contributed by atoms with Crippen LogP contribution in [0.25, 0.3) is 0 Å². The molecule has 1 amide bonds. The van der Waals surface area contributed by atoms with Gasteiger partial charge in [-0.2, -0.15) is 0 Å². The molecule has 3 aliphatic rings. The minimum atomic E-state index is -0.156. The van der Waals surface area contributed by atoms with Gasteiger partial charge in [0, 0.05) is 50.4 Å². The zero-order chi connectivity index (χ0) is 31.5. The predicted molar refractivity (Wildman–Crippen MR) is 181 cm³/mol. The molecular weight excluding hydrogens is 631 g/mol. The van der Waals surface area contributed by atoms with E-state index >= 15 is 0 Å². The smallest absolute Gasteiger partial charge is 0.228 e. The lowest BCUT2D eigenvalue weighted by Crippen LogP contribution is -2.47. The van der Waals surface area contributed by atoms with Crippen molar-refractivity contribution < 1.29 is 14.3 Å². The molecule has 1 saturated carbocycles. The number of hydrogen-bond acceptors (Lipinski definition) is 6. The number of carbonyl (C=O) groups excluding carboxylic acids is 1. The molecule has 2 saturated heterocycles. The van der Waals surface area contributed by atoms with Crippen LogP contribution in [0, 0.1) is 12.8 Å². The normalized spacial score (nSPS) is 21.6. The number of hydrogen-bond donors (Lipinski definition) is 1. The lowest BCUT2D eigenvalue weighted by atomic mass is 9.80. The Hall–Kier alpha value is -2.55. The van der Waals surface area contributed by atoms with Gasteiger partial charge in [-0.25, -0.2) is 4.98 Å². The van der Waals surface area contributed by atoms with Gasteiger partial charge in [0.2, 0.25) is 5.91 Å². The Kier molecular flexibility index (Phi) is 10.4. The van der Waals surface area contributed by atoms with Crippen LogP contribution < -0.4 is 15.0 Å². The van der Waals surface area contributed by atoms with Crippen molar-refractivity contribution in [2.45, 2.75) is 63.6 Å². The fourth-order valence-corrected chi connectivity index (χ4v) is 7.48. The summed E-state index contributed by atoms with van der Waals surface area (Å²) in [4.78, 5) is 23.4. The second-order valence-corrected chi connectivity index (χ2v) is 13.8. The average Bonchev–Trinajstić information content (AvgIpc) is 3.78. The third-order valence-electron chi connectivity index (χ3n) is 9.21.